The summed E-state index contributed by atoms with van der Waals surface area (Å²) in [6.07, 6.45) is 1.51. The van der Waals surface area contributed by atoms with Crippen molar-refractivity contribution in [3.63, 3.8) is 0 Å². The summed E-state index contributed by atoms with van der Waals surface area (Å²) in [4.78, 5) is 17.1. The molecule has 0 fully saturated rings. The van der Waals surface area contributed by atoms with Gasteiger partial charge in [-0.2, -0.15) is 5.10 Å². The van der Waals surface area contributed by atoms with E-state index in [1.165, 1.54) is 6.21 Å². The lowest BCUT2D eigenvalue weighted by Gasteiger charge is -2.08. The van der Waals surface area contributed by atoms with Crippen LogP contribution in [0.1, 0.15) is 5.56 Å². The zero-order valence-corrected chi connectivity index (χ0v) is 16.8. The maximum Gasteiger partial charge on any atom is 0.260 e. The number of carbonyl (C=O) groups is 1. The SMILES string of the molecule is COc1ccc(/C=N/NC(=O)Cn2c(-c3nonc3N)nc3ccccc32)cc1OC. The van der Waals surface area contributed by atoms with Crippen molar-refractivity contribution in [1.29, 1.82) is 0 Å². The summed E-state index contributed by atoms with van der Waals surface area (Å²) < 4.78 is 16.8. The van der Waals surface area contributed by atoms with Crippen LogP contribution in [0.5, 0.6) is 11.5 Å². The van der Waals surface area contributed by atoms with Crippen LogP contribution < -0.4 is 20.6 Å². The number of methoxy groups -OCH3 is 2. The van der Waals surface area contributed by atoms with Crippen molar-refractivity contribution in [2.24, 2.45) is 5.10 Å². The fraction of sp³-hybridized carbons (Fsp3) is 0.150. The lowest BCUT2D eigenvalue weighted by atomic mass is 10.2. The van der Waals surface area contributed by atoms with Crippen molar-refractivity contribution in [2.45, 2.75) is 6.54 Å². The predicted octanol–water partition coefficient (Wildman–Crippen LogP) is 1.84. The van der Waals surface area contributed by atoms with Crippen LogP contribution in [0.15, 0.2) is 52.2 Å². The van der Waals surface area contributed by atoms with E-state index >= 15 is 0 Å². The number of ether oxygens (including phenoxy) is 2. The third kappa shape index (κ3) is 4.01. The quantitative estimate of drug-likeness (QED) is 0.340. The Morgan fingerprint density at radius 1 is 1.19 bits per heavy atom. The molecule has 31 heavy (non-hydrogen) atoms. The molecular weight excluding hydrogens is 402 g/mol. The van der Waals surface area contributed by atoms with E-state index in [2.05, 4.69) is 30.5 Å². The third-order valence-electron chi connectivity index (χ3n) is 4.49. The molecule has 0 bridgehead atoms. The fourth-order valence-corrected chi connectivity index (χ4v) is 3.06. The first-order valence-electron chi connectivity index (χ1n) is 9.18. The molecule has 2 aromatic heterocycles. The van der Waals surface area contributed by atoms with Crippen LogP contribution in [0.4, 0.5) is 5.82 Å². The molecule has 2 aromatic carbocycles. The van der Waals surface area contributed by atoms with E-state index < -0.39 is 0 Å². The first kappa shape index (κ1) is 19.9. The van der Waals surface area contributed by atoms with Crippen LogP contribution in [0.2, 0.25) is 0 Å². The molecule has 0 aliphatic rings. The highest BCUT2D eigenvalue weighted by Gasteiger charge is 2.20. The van der Waals surface area contributed by atoms with E-state index in [0.29, 0.717) is 22.8 Å². The molecule has 0 spiro atoms. The average Bonchev–Trinajstić information content (AvgIpc) is 3.36. The van der Waals surface area contributed by atoms with Gasteiger partial charge in [-0.3, -0.25) is 4.79 Å². The molecule has 1 amide bonds. The summed E-state index contributed by atoms with van der Waals surface area (Å²) in [6.45, 7) is -0.0641. The number of hydrogen-bond donors (Lipinski definition) is 2. The molecule has 11 heteroatoms. The second-order valence-corrected chi connectivity index (χ2v) is 6.42. The number of imidazole rings is 1. The van der Waals surface area contributed by atoms with Crippen LogP contribution in [-0.2, 0) is 11.3 Å². The Kier molecular flexibility index (Phi) is 5.47. The second-order valence-electron chi connectivity index (χ2n) is 6.42. The van der Waals surface area contributed by atoms with Crippen molar-refractivity contribution in [2.75, 3.05) is 20.0 Å². The van der Waals surface area contributed by atoms with Gasteiger partial charge in [-0.15, -0.1) is 0 Å². The van der Waals surface area contributed by atoms with Gasteiger partial charge in [-0.25, -0.2) is 15.0 Å². The number of nitrogens with one attached hydrogen (secondary N) is 1. The number of carbonyl (C=O) groups excluding carboxylic acids is 1. The highest BCUT2D eigenvalue weighted by Crippen LogP contribution is 2.27. The van der Waals surface area contributed by atoms with Crippen molar-refractivity contribution in [1.82, 2.24) is 25.3 Å². The molecule has 3 N–H and O–H groups in total. The minimum absolute atomic E-state index is 0.0641. The van der Waals surface area contributed by atoms with Gasteiger partial charge in [-0.1, -0.05) is 12.1 Å². The molecule has 2 heterocycles. The molecule has 0 atom stereocenters. The Morgan fingerprint density at radius 3 is 2.74 bits per heavy atom. The molecule has 11 nitrogen and oxygen atoms in total. The number of fused-ring (bicyclic) bond motifs is 1. The maximum absolute atomic E-state index is 12.6. The van der Waals surface area contributed by atoms with Crippen LogP contribution in [0.3, 0.4) is 0 Å². The topological polar surface area (TPSA) is 143 Å². The molecule has 0 aliphatic heterocycles. The lowest BCUT2D eigenvalue weighted by Crippen LogP contribution is -2.23. The van der Waals surface area contributed by atoms with E-state index in [4.69, 9.17) is 15.2 Å². The number of benzene rings is 2. The van der Waals surface area contributed by atoms with Gasteiger partial charge in [-0.05, 0) is 46.2 Å². The first-order chi connectivity index (χ1) is 15.1. The van der Waals surface area contributed by atoms with E-state index in [1.807, 2.05) is 24.3 Å². The first-order valence-corrected chi connectivity index (χ1v) is 9.18. The minimum atomic E-state index is -0.365. The fourth-order valence-electron chi connectivity index (χ4n) is 3.06. The smallest absolute Gasteiger partial charge is 0.260 e. The van der Waals surface area contributed by atoms with Crippen LogP contribution in [-0.4, -0.2) is 46.2 Å². The zero-order valence-electron chi connectivity index (χ0n) is 16.8. The Balaban J connectivity index is 1.54. The average molecular weight is 421 g/mol. The van der Waals surface area contributed by atoms with Crippen molar-refractivity contribution in [3.05, 3.63) is 48.0 Å². The standard InChI is InChI=1S/C20H19N7O4/c1-29-15-8-7-12(9-16(15)30-2)10-22-24-17(28)11-27-14-6-4-3-5-13(14)23-20(27)18-19(21)26-31-25-18/h3-10H,11H2,1-2H3,(H2,21,26)(H,24,28)/b22-10+. The van der Waals surface area contributed by atoms with E-state index in [1.54, 1.807) is 37.0 Å². The van der Waals surface area contributed by atoms with Crippen molar-refractivity contribution >= 4 is 29.0 Å². The molecule has 0 saturated heterocycles. The van der Waals surface area contributed by atoms with Crippen LogP contribution >= 0.6 is 0 Å². The monoisotopic (exact) mass is 421 g/mol. The van der Waals surface area contributed by atoms with Gasteiger partial charge in [0.1, 0.15) is 6.54 Å². The second kappa shape index (κ2) is 8.53. The van der Waals surface area contributed by atoms with E-state index in [0.717, 1.165) is 11.1 Å². The number of nitrogens with two attached hydrogens (primary N) is 1. The number of amides is 1. The largest absolute Gasteiger partial charge is 0.493 e. The van der Waals surface area contributed by atoms with Crippen molar-refractivity contribution in [3.8, 4) is 23.0 Å². The highest BCUT2D eigenvalue weighted by atomic mass is 16.6. The number of rotatable bonds is 7. The molecule has 0 unspecified atom stereocenters. The zero-order chi connectivity index (χ0) is 21.8. The molecule has 0 aliphatic carbocycles. The molecule has 4 aromatic rings. The lowest BCUT2D eigenvalue weighted by molar-refractivity contribution is -0.121. The summed E-state index contributed by atoms with van der Waals surface area (Å²) in [6, 6.07) is 12.7. The Labute approximate surface area is 176 Å². The number of aromatic nitrogens is 4. The molecule has 0 radical (unpaired) electrons. The third-order valence-corrected chi connectivity index (χ3v) is 4.49. The van der Waals surface area contributed by atoms with E-state index in [-0.39, 0.29) is 24.0 Å². The van der Waals surface area contributed by atoms with E-state index in [9.17, 15) is 4.79 Å². The minimum Gasteiger partial charge on any atom is -0.493 e. The van der Waals surface area contributed by atoms with Gasteiger partial charge in [0.25, 0.3) is 5.91 Å². The summed E-state index contributed by atoms with van der Waals surface area (Å²) >= 11 is 0. The number of nitrogens with zero attached hydrogens (tertiary/aromatic N) is 5. The summed E-state index contributed by atoms with van der Waals surface area (Å²) in [5.41, 5.74) is 10.7. The highest BCUT2D eigenvalue weighted by molar-refractivity contribution is 5.86. The molecular formula is C20H19N7O4. The van der Waals surface area contributed by atoms with Crippen LogP contribution in [0, 0.1) is 0 Å². The van der Waals surface area contributed by atoms with Gasteiger partial charge < -0.3 is 19.8 Å². The number of nitrogen functional groups attached to an aromatic ring is 1. The molecule has 4 rings (SSSR count). The summed E-state index contributed by atoms with van der Waals surface area (Å²) in [7, 11) is 3.10. The molecule has 158 valence electrons. The molecule has 0 saturated carbocycles. The number of anilines is 1. The Morgan fingerprint density at radius 2 is 2.00 bits per heavy atom. The predicted molar refractivity (Wildman–Crippen MR) is 113 cm³/mol. The number of hydrazone groups is 1. The van der Waals surface area contributed by atoms with Crippen molar-refractivity contribution < 1.29 is 18.9 Å². The van der Waals surface area contributed by atoms with Gasteiger partial charge in [0, 0.05) is 0 Å². The van der Waals surface area contributed by atoms with Crippen LogP contribution in [0.25, 0.3) is 22.6 Å². The van der Waals surface area contributed by atoms with Gasteiger partial charge in [0.05, 0.1) is 31.5 Å². The maximum atomic E-state index is 12.6. The van der Waals surface area contributed by atoms with Gasteiger partial charge in [0.15, 0.2) is 28.8 Å². The number of para-hydroxylation sites is 2. The summed E-state index contributed by atoms with van der Waals surface area (Å²) in [5, 5.41) is 11.4. The van der Waals surface area contributed by atoms with Gasteiger partial charge in [0.2, 0.25) is 0 Å². The Bertz CT molecular complexity index is 1260. The number of hydrogen-bond acceptors (Lipinski definition) is 9. The normalized spacial score (nSPS) is 11.2. The Hall–Kier alpha value is -4.41. The van der Waals surface area contributed by atoms with Gasteiger partial charge >= 0.3 is 0 Å². The summed E-state index contributed by atoms with van der Waals surface area (Å²) in [5.74, 6) is 1.26.